The summed E-state index contributed by atoms with van der Waals surface area (Å²) in [6.45, 7) is 2.57. The minimum atomic E-state index is 0.520. The first-order valence-corrected chi connectivity index (χ1v) is 4.82. The second kappa shape index (κ2) is 4.95. The van der Waals surface area contributed by atoms with Crippen LogP contribution in [0.4, 0.5) is 0 Å². The standard InChI is InChI=1S/C10H10BrNO/c1-8-6-10(11)3-2-9(8)4-5-12-7-13/h2-3,6H,4-5H2,1H3. The van der Waals surface area contributed by atoms with Crippen LogP contribution in [0.25, 0.3) is 0 Å². The van der Waals surface area contributed by atoms with Gasteiger partial charge in [0.1, 0.15) is 0 Å². The predicted molar refractivity (Wildman–Crippen MR) is 55.6 cm³/mol. The van der Waals surface area contributed by atoms with Gasteiger partial charge in [0.15, 0.2) is 0 Å². The molecule has 0 radical (unpaired) electrons. The first-order chi connectivity index (χ1) is 6.24. The van der Waals surface area contributed by atoms with Gasteiger partial charge in [0.25, 0.3) is 0 Å². The Morgan fingerprint density at radius 3 is 2.92 bits per heavy atom. The molecule has 68 valence electrons. The van der Waals surface area contributed by atoms with E-state index in [0.29, 0.717) is 6.54 Å². The molecule has 13 heavy (non-hydrogen) atoms. The maximum atomic E-state index is 9.83. The number of rotatable bonds is 3. The molecule has 0 bridgehead atoms. The third kappa shape index (κ3) is 3.13. The molecule has 0 heterocycles. The molecule has 0 aliphatic carbocycles. The van der Waals surface area contributed by atoms with E-state index in [1.807, 2.05) is 19.1 Å². The van der Waals surface area contributed by atoms with E-state index in [1.54, 1.807) is 0 Å². The summed E-state index contributed by atoms with van der Waals surface area (Å²) in [5.74, 6) is 0. The normalized spacial score (nSPS) is 9.38. The number of halogens is 1. The number of aryl methyl sites for hydroxylation is 1. The molecular formula is C10H10BrNO. The van der Waals surface area contributed by atoms with Crippen molar-refractivity contribution in [2.45, 2.75) is 13.3 Å². The van der Waals surface area contributed by atoms with E-state index in [1.165, 1.54) is 17.2 Å². The number of carbonyl (C=O) groups excluding carboxylic acids is 1. The fourth-order valence-corrected chi connectivity index (χ4v) is 1.64. The van der Waals surface area contributed by atoms with E-state index in [-0.39, 0.29) is 0 Å². The molecule has 3 heteroatoms. The van der Waals surface area contributed by atoms with Crippen LogP contribution >= 0.6 is 15.9 Å². The first-order valence-electron chi connectivity index (χ1n) is 4.02. The van der Waals surface area contributed by atoms with Crippen LogP contribution in [0, 0.1) is 6.92 Å². The van der Waals surface area contributed by atoms with Gasteiger partial charge in [0.05, 0.1) is 6.54 Å². The van der Waals surface area contributed by atoms with Gasteiger partial charge in [-0.05, 0) is 36.6 Å². The molecule has 0 N–H and O–H groups in total. The predicted octanol–water partition coefficient (Wildman–Crippen LogP) is 2.64. The average Bonchev–Trinajstić information content (AvgIpc) is 2.09. The summed E-state index contributed by atoms with van der Waals surface area (Å²) in [4.78, 5) is 13.3. The zero-order chi connectivity index (χ0) is 9.68. The third-order valence-corrected chi connectivity index (χ3v) is 2.36. The van der Waals surface area contributed by atoms with E-state index in [4.69, 9.17) is 0 Å². The molecule has 0 amide bonds. The van der Waals surface area contributed by atoms with Crippen LogP contribution < -0.4 is 0 Å². The van der Waals surface area contributed by atoms with Gasteiger partial charge in [0.2, 0.25) is 6.08 Å². The Hall–Kier alpha value is -0.920. The molecule has 0 aromatic heterocycles. The lowest BCUT2D eigenvalue weighted by Crippen LogP contribution is -1.92. The van der Waals surface area contributed by atoms with E-state index in [2.05, 4.69) is 27.0 Å². The Bertz CT molecular complexity index is 343. The van der Waals surface area contributed by atoms with Crippen molar-refractivity contribution >= 4 is 22.0 Å². The van der Waals surface area contributed by atoms with Crippen molar-refractivity contribution in [2.24, 2.45) is 4.99 Å². The first kappa shape index (κ1) is 10.2. The molecule has 0 aliphatic heterocycles. The van der Waals surface area contributed by atoms with Gasteiger partial charge in [-0.1, -0.05) is 22.0 Å². The monoisotopic (exact) mass is 239 g/mol. The fourth-order valence-electron chi connectivity index (χ4n) is 1.16. The van der Waals surface area contributed by atoms with Crippen molar-refractivity contribution < 1.29 is 4.79 Å². The molecule has 0 spiro atoms. The quantitative estimate of drug-likeness (QED) is 0.589. The van der Waals surface area contributed by atoms with Crippen molar-refractivity contribution in [1.29, 1.82) is 0 Å². The SMILES string of the molecule is Cc1cc(Br)ccc1CCN=C=O. The van der Waals surface area contributed by atoms with Crippen molar-refractivity contribution in [3.8, 4) is 0 Å². The van der Waals surface area contributed by atoms with E-state index < -0.39 is 0 Å². The van der Waals surface area contributed by atoms with Gasteiger partial charge < -0.3 is 0 Å². The van der Waals surface area contributed by atoms with Crippen molar-refractivity contribution in [2.75, 3.05) is 6.54 Å². The lowest BCUT2D eigenvalue weighted by molar-refractivity contribution is 0.563. The van der Waals surface area contributed by atoms with Gasteiger partial charge in [-0.15, -0.1) is 0 Å². The number of isocyanates is 1. The van der Waals surface area contributed by atoms with Crippen molar-refractivity contribution in [3.63, 3.8) is 0 Å². The van der Waals surface area contributed by atoms with Gasteiger partial charge in [-0.25, -0.2) is 9.79 Å². The molecule has 0 unspecified atom stereocenters. The molecule has 1 aromatic carbocycles. The topological polar surface area (TPSA) is 29.4 Å². The van der Waals surface area contributed by atoms with Gasteiger partial charge in [0, 0.05) is 4.47 Å². The minimum absolute atomic E-state index is 0.520. The molecule has 1 rings (SSSR count). The molecule has 0 fully saturated rings. The van der Waals surface area contributed by atoms with Crippen LogP contribution in [-0.4, -0.2) is 12.6 Å². The molecule has 0 saturated heterocycles. The highest BCUT2D eigenvalue weighted by atomic mass is 79.9. The highest BCUT2D eigenvalue weighted by Gasteiger charge is 1.97. The zero-order valence-corrected chi connectivity index (χ0v) is 8.97. The smallest absolute Gasteiger partial charge is 0.211 e. The third-order valence-electron chi connectivity index (χ3n) is 1.86. The second-order valence-electron chi connectivity index (χ2n) is 2.79. The molecular weight excluding hydrogens is 230 g/mol. The summed E-state index contributed by atoms with van der Waals surface area (Å²) in [7, 11) is 0. The number of hydrogen-bond acceptors (Lipinski definition) is 2. The molecule has 0 atom stereocenters. The highest BCUT2D eigenvalue weighted by molar-refractivity contribution is 9.10. The molecule has 2 nitrogen and oxygen atoms in total. The number of nitrogens with zero attached hydrogens (tertiary/aromatic N) is 1. The Morgan fingerprint density at radius 2 is 2.31 bits per heavy atom. The lowest BCUT2D eigenvalue weighted by Gasteiger charge is -2.03. The Balaban J connectivity index is 2.71. The molecule has 0 saturated carbocycles. The maximum Gasteiger partial charge on any atom is 0.234 e. The van der Waals surface area contributed by atoms with Crippen LogP contribution in [0.2, 0.25) is 0 Å². The second-order valence-corrected chi connectivity index (χ2v) is 3.71. The van der Waals surface area contributed by atoms with E-state index >= 15 is 0 Å². The number of hydrogen-bond donors (Lipinski definition) is 0. The summed E-state index contributed by atoms with van der Waals surface area (Å²) in [6, 6.07) is 6.09. The highest BCUT2D eigenvalue weighted by Crippen LogP contribution is 2.16. The fraction of sp³-hybridized carbons (Fsp3) is 0.300. The van der Waals surface area contributed by atoms with Gasteiger partial charge in [-0.2, -0.15) is 0 Å². The van der Waals surface area contributed by atoms with Crippen LogP contribution in [0.15, 0.2) is 27.7 Å². The van der Waals surface area contributed by atoms with Crippen molar-refractivity contribution in [3.05, 3.63) is 33.8 Å². The van der Waals surface area contributed by atoms with E-state index in [0.717, 1.165) is 10.9 Å². The summed E-state index contributed by atoms with van der Waals surface area (Å²) >= 11 is 3.39. The van der Waals surface area contributed by atoms with Crippen LogP contribution in [0.1, 0.15) is 11.1 Å². The molecule has 1 aromatic rings. The summed E-state index contributed by atoms with van der Waals surface area (Å²) in [5, 5.41) is 0. The number of benzene rings is 1. The zero-order valence-electron chi connectivity index (χ0n) is 7.38. The van der Waals surface area contributed by atoms with Crippen LogP contribution in [-0.2, 0) is 11.2 Å². The Labute approximate surface area is 85.8 Å². The van der Waals surface area contributed by atoms with Crippen LogP contribution in [0.5, 0.6) is 0 Å². The molecule has 0 aliphatic rings. The van der Waals surface area contributed by atoms with Crippen molar-refractivity contribution in [1.82, 2.24) is 0 Å². The minimum Gasteiger partial charge on any atom is -0.211 e. The average molecular weight is 240 g/mol. The maximum absolute atomic E-state index is 9.83. The Kier molecular flexibility index (Phi) is 3.87. The largest absolute Gasteiger partial charge is 0.234 e. The summed E-state index contributed by atoms with van der Waals surface area (Å²) in [5.41, 5.74) is 2.44. The van der Waals surface area contributed by atoms with E-state index in [9.17, 15) is 4.79 Å². The van der Waals surface area contributed by atoms with Crippen LogP contribution in [0.3, 0.4) is 0 Å². The van der Waals surface area contributed by atoms with Gasteiger partial charge in [-0.3, -0.25) is 0 Å². The van der Waals surface area contributed by atoms with Gasteiger partial charge >= 0.3 is 0 Å². The summed E-state index contributed by atoms with van der Waals surface area (Å²) < 4.78 is 1.08. The number of aliphatic imine (C=N–C) groups is 1. The summed E-state index contributed by atoms with van der Waals surface area (Å²) in [6.07, 6.45) is 2.33. The lowest BCUT2D eigenvalue weighted by atomic mass is 10.1. The Morgan fingerprint density at radius 1 is 1.54 bits per heavy atom.